The van der Waals surface area contributed by atoms with E-state index in [0.29, 0.717) is 17.0 Å². The lowest BCUT2D eigenvalue weighted by Gasteiger charge is -2.00. The minimum Gasteiger partial charge on any atom is -0.465 e. The summed E-state index contributed by atoms with van der Waals surface area (Å²) in [6, 6.07) is 1.20. The number of carbonyl (C=O) groups is 1. The number of rotatable bonds is 1. The predicted octanol–water partition coefficient (Wildman–Crippen LogP) is 0.357. The van der Waals surface area contributed by atoms with Gasteiger partial charge in [-0.1, -0.05) is 0 Å². The van der Waals surface area contributed by atoms with Gasteiger partial charge in [0.2, 0.25) is 5.56 Å². The average Bonchev–Trinajstić information content (AvgIpc) is 2.54. The molecule has 6 heteroatoms. The van der Waals surface area contributed by atoms with Gasteiger partial charge < -0.3 is 14.3 Å². The fraction of sp³-hybridized carbons (Fsp3) is 0.300. The van der Waals surface area contributed by atoms with Gasteiger partial charge in [0.25, 0.3) is 0 Å². The summed E-state index contributed by atoms with van der Waals surface area (Å²) in [6.45, 7) is 1.79. The number of hydrogen-bond donors (Lipinski definition) is 1. The SMILES string of the molecule is COC(=O)c1cc(=O)[nH]c2c1nc(C)n2C. The van der Waals surface area contributed by atoms with Gasteiger partial charge in [0.1, 0.15) is 17.0 Å². The molecule has 2 aromatic rings. The summed E-state index contributed by atoms with van der Waals surface area (Å²) < 4.78 is 6.32. The number of methoxy groups -OCH3 is 1. The van der Waals surface area contributed by atoms with E-state index in [2.05, 4.69) is 14.7 Å². The Morgan fingerprint density at radius 2 is 2.25 bits per heavy atom. The van der Waals surface area contributed by atoms with Crippen LogP contribution in [0, 0.1) is 6.92 Å². The Labute approximate surface area is 90.9 Å². The summed E-state index contributed by atoms with van der Waals surface area (Å²) in [5.41, 5.74) is 0.803. The molecule has 2 aromatic heterocycles. The monoisotopic (exact) mass is 221 g/mol. The molecule has 0 unspecified atom stereocenters. The highest BCUT2D eigenvalue weighted by Crippen LogP contribution is 2.15. The number of H-pyrrole nitrogens is 1. The van der Waals surface area contributed by atoms with Crippen LogP contribution in [0.1, 0.15) is 16.2 Å². The first-order valence-electron chi connectivity index (χ1n) is 4.69. The van der Waals surface area contributed by atoms with Crippen molar-refractivity contribution < 1.29 is 9.53 Å². The third kappa shape index (κ3) is 1.39. The summed E-state index contributed by atoms with van der Waals surface area (Å²) in [6.07, 6.45) is 0. The lowest BCUT2D eigenvalue weighted by Crippen LogP contribution is -2.12. The van der Waals surface area contributed by atoms with Crippen LogP contribution < -0.4 is 5.56 Å². The molecule has 0 amide bonds. The Balaban J connectivity index is 2.88. The van der Waals surface area contributed by atoms with Crippen molar-refractivity contribution in [3.05, 3.63) is 27.8 Å². The molecule has 0 aliphatic carbocycles. The first kappa shape index (κ1) is 10.4. The van der Waals surface area contributed by atoms with Gasteiger partial charge in [0.05, 0.1) is 12.7 Å². The second-order valence-electron chi connectivity index (χ2n) is 3.45. The number of carbonyl (C=O) groups excluding carboxylic acids is 1. The van der Waals surface area contributed by atoms with Crippen LogP contribution in [0.5, 0.6) is 0 Å². The molecule has 0 saturated heterocycles. The molecule has 2 rings (SSSR count). The molecular weight excluding hydrogens is 210 g/mol. The van der Waals surface area contributed by atoms with Gasteiger partial charge in [-0.15, -0.1) is 0 Å². The molecule has 0 aromatic carbocycles. The number of hydrogen-bond acceptors (Lipinski definition) is 4. The second kappa shape index (κ2) is 3.48. The van der Waals surface area contributed by atoms with Crippen LogP contribution in [0.25, 0.3) is 11.2 Å². The van der Waals surface area contributed by atoms with Crippen molar-refractivity contribution >= 4 is 17.1 Å². The number of esters is 1. The van der Waals surface area contributed by atoms with E-state index in [-0.39, 0.29) is 11.1 Å². The molecule has 1 N–H and O–H groups in total. The fourth-order valence-corrected chi connectivity index (χ4v) is 1.56. The Morgan fingerprint density at radius 1 is 1.56 bits per heavy atom. The van der Waals surface area contributed by atoms with E-state index in [9.17, 15) is 9.59 Å². The smallest absolute Gasteiger partial charge is 0.340 e. The number of imidazole rings is 1. The van der Waals surface area contributed by atoms with Gasteiger partial charge >= 0.3 is 5.97 Å². The number of nitrogens with zero attached hydrogens (tertiary/aromatic N) is 2. The number of ether oxygens (including phenoxy) is 1. The largest absolute Gasteiger partial charge is 0.465 e. The molecule has 6 nitrogen and oxygen atoms in total. The molecule has 16 heavy (non-hydrogen) atoms. The molecule has 0 atom stereocenters. The third-order valence-corrected chi connectivity index (χ3v) is 2.50. The predicted molar refractivity (Wildman–Crippen MR) is 57.4 cm³/mol. The Morgan fingerprint density at radius 3 is 2.88 bits per heavy atom. The first-order valence-corrected chi connectivity index (χ1v) is 4.69. The van der Waals surface area contributed by atoms with Crippen LogP contribution in [0.3, 0.4) is 0 Å². The summed E-state index contributed by atoms with van der Waals surface area (Å²) in [7, 11) is 3.03. The molecule has 0 bridgehead atoms. The lowest BCUT2D eigenvalue weighted by molar-refractivity contribution is 0.0602. The highest BCUT2D eigenvalue weighted by atomic mass is 16.5. The van der Waals surface area contributed by atoms with Crippen LogP contribution in [-0.4, -0.2) is 27.6 Å². The maximum Gasteiger partial charge on any atom is 0.340 e. The van der Waals surface area contributed by atoms with E-state index in [1.807, 2.05) is 0 Å². The van der Waals surface area contributed by atoms with Gasteiger partial charge in [-0.2, -0.15) is 0 Å². The maximum absolute atomic E-state index is 11.5. The number of pyridine rings is 1. The van der Waals surface area contributed by atoms with Crippen molar-refractivity contribution in [1.29, 1.82) is 0 Å². The molecule has 0 aliphatic heterocycles. The van der Waals surface area contributed by atoms with Crippen molar-refractivity contribution in [1.82, 2.24) is 14.5 Å². The van der Waals surface area contributed by atoms with Crippen LogP contribution >= 0.6 is 0 Å². The number of aromatic nitrogens is 3. The zero-order chi connectivity index (χ0) is 11.9. The van der Waals surface area contributed by atoms with E-state index >= 15 is 0 Å². The van der Waals surface area contributed by atoms with Crippen molar-refractivity contribution in [2.45, 2.75) is 6.92 Å². The molecule has 0 radical (unpaired) electrons. The van der Waals surface area contributed by atoms with Crippen molar-refractivity contribution in [2.24, 2.45) is 7.05 Å². The Bertz CT molecular complexity index is 624. The van der Waals surface area contributed by atoms with Gasteiger partial charge in [0, 0.05) is 13.1 Å². The van der Waals surface area contributed by atoms with Crippen LogP contribution in [0.2, 0.25) is 0 Å². The molecule has 0 saturated carbocycles. The zero-order valence-electron chi connectivity index (χ0n) is 9.20. The first-order chi connectivity index (χ1) is 7.54. The highest BCUT2D eigenvalue weighted by Gasteiger charge is 2.16. The molecule has 2 heterocycles. The minimum absolute atomic E-state index is 0.185. The number of nitrogens with one attached hydrogen (secondary N) is 1. The Hall–Kier alpha value is -2.11. The topological polar surface area (TPSA) is 77.0 Å². The second-order valence-corrected chi connectivity index (χ2v) is 3.45. The third-order valence-electron chi connectivity index (χ3n) is 2.50. The van der Waals surface area contributed by atoms with E-state index in [0.717, 1.165) is 0 Å². The molecule has 0 fully saturated rings. The summed E-state index contributed by atoms with van der Waals surface area (Å²) in [4.78, 5) is 29.7. The highest BCUT2D eigenvalue weighted by molar-refractivity contribution is 6.00. The minimum atomic E-state index is -0.561. The average molecular weight is 221 g/mol. The summed E-state index contributed by atoms with van der Waals surface area (Å²) in [5, 5.41) is 0. The fourth-order valence-electron chi connectivity index (χ4n) is 1.56. The van der Waals surface area contributed by atoms with Crippen molar-refractivity contribution in [2.75, 3.05) is 7.11 Å². The van der Waals surface area contributed by atoms with Crippen LogP contribution in [-0.2, 0) is 11.8 Å². The van der Waals surface area contributed by atoms with E-state index in [1.54, 1.807) is 18.5 Å². The summed E-state index contributed by atoms with van der Waals surface area (Å²) in [5.74, 6) is 0.149. The molecular formula is C10H11N3O3. The molecule has 0 spiro atoms. The van der Waals surface area contributed by atoms with Gasteiger partial charge in [0.15, 0.2) is 0 Å². The van der Waals surface area contributed by atoms with Gasteiger partial charge in [-0.05, 0) is 6.92 Å². The van der Waals surface area contributed by atoms with Crippen molar-refractivity contribution in [3.8, 4) is 0 Å². The van der Waals surface area contributed by atoms with E-state index in [1.165, 1.54) is 13.2 Å². The zero-order valence-corrected chi connectivity index (χ0v) is 9.20. The molecule has 0 aliphatic rings. The standard InChI is InChI=1S/C10H11N3O3/c1-5-11-8-6(10(15)16-3)4-7(14)12-9(8)13(5)2/h4H,1-3H3,(H,12,14). The molecule has 84 valence electrons. The summed E-state index contributed by atoms with van der Waals surface area (Å²) >= 11 is 0. The maximum atomic E-state index is 11.5. The van der Waals surface area contributed by atoms with Gasteiger partial charge in [-0.25, -0.2) is 9.78 Å². The lowest BCUT2D eigenvalue weighted by atomic mass is 10.2. The number of aryl methyl sites for hydroxylation is 2. The van der Waals surface area contributed by atoms with Crippen LogP contribution in [0.4, 0.5) is 0 Å². The van der Waals surface area contributed by atoms with Crippen molar-refractivity contribution in [3.63, 3.8) is 0 Å². The van der Waals surface area contributed by atoms with E-state index < -0.39 is 5.97 Å². The quantitative estimate of drug-likeness (QED) is 0.705. The normalized spacial score (nSPS) is 10.7. The van der Waals surface area contributed by atoms with Gasteiger partial charge in [-0.3, -0.25) is 4.79 Å². The number of fused-ring (bicyclic) bond motifs is 1. The Kier molecular flexibility index (Phi) is 2.26. The number of aromatic amines is 1. The van der Waals surface area contributed by atoms with Crippen LogP contribution in [0.15, 0.2) is 10.9 Å². The van der Waals surface area contributed by atoms with E-state index in [4.69, 9.17) is 0 Å².